The van der Waals surface area contributed by atoms with Crippen molar-refractivity contribution >= 4 is 45.3 Å². The summed E-state index contributed by atoms with van der Waals surface area (Å²) in [6.45, 7) is 4.66. The van der Waals surface area contributed by atoms with Crippen LogP contribution in [-0.4, -0.2) is 17.4 Å². The van der Waals surface area contributed by atoms with Crippen LogP contribution in [-0.2, 0) is 23.9 Å². The van der Waals surface area contributed by atoms with E-state index in [1.54, 1.807) is 29.3 Å². The number of nitrogens with zero attached hydrogens (tertiary/aromatic N) is 2. The molecule has 0 radical (unpaired) electrons. The fraction of sp³-hybridized carbons (Fsp3) is 0.133. The molecule has 0 aliphatic carbocycles. The van der Waals surface area contributed by atoms with Crippen molar-refractivity contribution in [1.29, 1.82) is 0 Å². The van der Waals surface area contributed by atoms with Crippen LogP contribution < -0.4 is 23.8 Å². The quantitative estimate of drug-likeness (QED) is 0.161. The van der Waals surface area contributed by atoms with Gasteiger partial charge in [0.1, 0.15) is 5.01 Å². The zero-order chi connectivity index (χ0) is 25.5. The molecule has 0 bridgehead atoms. The SMILES string of the molecule is CC(C)CN1C(=O)/C(=C/c2nccs2)c2cc([S-](=O)=O)ccc21.[CH3-].[Li+].c1ccc([CH-]c2ccccc2)cc1. The number of aromatic nitrogens is 1. The first-order chi connectivity index (χ1) is 17.4. The second kappa shape index (κ2) is 14.7. The third-order valence-electron chi connectivity index (χ3n) is 5.42. The van der Waals surface area contributed by atoms with Gasteiger partial charge in [-0.05, 0) is 28.8 Å². The van der Waals surface area contributed by atoms with Crippen LogP contribution >= 0.6 is 11.3 Å². The summed E-state index contributed by atoms with van der Waals surface area (Å²) in [6, 6.07) is 25.5. The topological polar surface area (TPSA) is 67.3 Å². The molecule has 0 fully saturated rings. The summed E-state index contributed by atoms with van der Waals surface area (Å²) in [4.78, 5) is 18.8. The van der Waals surface area contributed by atoms with Crippen LogP contribution in [0.4, 0.5) is 5.69 Å². The molecule has 5 rings (SSSR count). The van der Waals surface area contributed by atoms with Gasteiger partial charge in [0.15, 0.2) is 0 Å². The number of amides is 1. The molecule has 0 atom stereocenters. The predicted molar refractivity (Wildman–Crippen MR) is 152 cm³/mol. The van der Waals surface area contributed by atoms with Crippen molar-refractivity contribution in [2.24, 2.45) is 5.92 Å². The standard InChI is InChI=1S/C16H15N2O3S2.C13H11.CH3.Li/c1-10(2)9-18-14-4-3-11(23(20)21)7-12(14)13(16(18)19)8-15-17-5-6-22-15;1-3-7-12(8-4-1)11-13-9-5-2-6-10-13;;/h3-8,10H,9H2,1-2H3;1-11H;1H3;/q3*-1;+1/b13-8+;;;. The molecule has 8 heteroatoms. The zero-order valence-electron chi connectivity index (χ0n) is 22.0. The first-order valence-corrected chi connectivity index (χ1v) is 13.5. The molecule has 4 aromatic rings. The Morgan fingerprint density at radius 2 is 1.58 bits per heavy atom. The summed E-state index contributed by atoms with van der Waals surface area (Å²) in [5.41, 5.74) is 4.37. The summed E-state index contributed by atoms with van der Waals surface area (Å²) >= 11 is 1.43. The maximum atomic E-state index is 12.8. The van der Waals surface area contributed by atoms with E-state index in [9.17, 15) is 13.2 Å². The average molecular weight is 537 g/mol. The minimum Gasteiger partial charge on any atom is -0.420 e. The van der Waals surface area contributed by atoms with E-state index in [0.717, 1.165) is 10.7 Å². The summed E-state index contributed by atoms with van der Waals surface area (Å²) in [5, 5.41) is 2.56. The number of benzene rings is 3. The van der Waals surface area contributed by atoms with Crippen molar-refractivity contribution < 1.29 is 32.1 Å². The number of fused-ring (bicyclic) bond motifs is 1. The van der Waals surface area contributed by atoms with E-state index >= 15 is 0 Å². The third kappa shape index (κ3) is 7.96. The van der Waals surface area contributed by atoms with Gasteiger partial charge in [0.05, 0.1) is 11.3 Å². The summed E-state index contributed by atoms with van der Waals surface area (Å²) in [6.07, 6.45) is 5.57. The number of carbonyl (C=O) groups is 1. The first kappa shape index (κ1) is 31.1. The van der Waals surface area contributed by atoms with Crippen molar-refractivity contribution in [3.05, 3.63) is 126 Å². The smallest absolute Gasteiger partial charge is 0.420 e. The fourth-order valence-electron chi connectivity index (χ4n) is 3.85. The fourth-order valence-corrected chi connectivity index (χ4v) is 4.81. The van der Waals surface area contributed by atoms with Crippen LogP contribution in [0.1, 0.15) is 35.5 Å². The van der Waals surface area contributed by atoms with Crippen LogP contribution in [0.3, 0.4) is 0 Å². The van der Waals surface area contributed by atoms with Crippen molar-refractivity contribution in [2.75, 3.05) is 11.4 Å². The summed E-state index contributed by atoms with van der Waals surface area (Å²) < 4.78 is 22.5. The van der Waals surface area contributed by atoms with E-state index in [0.29, 0.717) is 23.6 Å². The monoisotopic (exact) mass is 536 g/mol. The van der Waals surface area contributed by atoms with Crippen LogP contribution in [0.15, 0.2) is 95.3 Å². The number of carbonyl (C=O) groups excluding carboxylic acids is 1. The van der Waals surface area contributed by atoms with Gasteiger partial charge in [-0.15, -0.1) is 53.1 Å². The van der Waals surface area contributed by atoms with Gasteiger partial charge < -0.3 is 20.7 Å². The molecule has 1 aliphatic heterocycles. The van der Waals surface area contributed by atoms with Crippen molar-refractivity contribution in [2.45, 2.75) is 18.7 Å². The van der Waals surface area contributed by atoms with Gasteiger partial charge in [0.25, 0.3) is 5.91 Å². The molecule has 0 spiro atoms. The predicted octanol–water partition coefficient (Wildman–Crippen LogP) is 4.10. The second-order valence-electron chi connectivity index (χ2n) is 8.62. The largest absolute Gasteiger partial charge is 1.00 e. The Morgan fingerprint density at radius 3 is 2.08 bits per heavy atom. The number of thiazole rings is 1. The molecule has 1 aliphatic rings. The van der Waals surface area contributed by atoms with E-state index < -0.39 is 10.7 Å². The molecule has 192 valence electrons. The minimum absolute atomic E-state index is 0. The molecule has 5 nitrogen and oxygen atoms in total. The van der Waals surface area contributed by atoms with Gasteiger partial charge in [0.2, 0.25) is 0 Å². The molecular formula is C30H29LiN2O3S2-2. The molecule has 3 aromatic carbocycles. The molecule has 1 amide bonds. The Kier molecular flexibility index (Phi) is 12.1. The van der Waals surface area contributed by atoms with Crippen LogP contribution in [0.25, 0.3) is 11.6 Å². The van der Waals surface area contributed by atoms with Crippen molar-refractivity contribution in [3.8, 4) is 0 Å². The molecular weight excluding hydrogens is 507 g/mol. The molecule has 0 saturated heterocycles. The van der Waals surface area contributed by atoms with Gasteiger partial charge in [-0.25, -0.2) is 4.98 Å². The van der Waals surface area contributed by atoms with Crippen molar-refractivity contribution in [1.82, 2.24) is 4.98 Å². The Bertz CT molecular complexity index is 1370. The number of hydrogen-bond donors (Lipinski definition) is 0. The van der Waals surface area contributed by atoms with Gasteiger partial charge in [-0.2, -0.15) is 0 Å². The van der Waals surface area contributed by atoms with E-state index in [1.807, 2.05) is 31.4 Å². The van der Waals surface area contributed by atoms with Gasteiger partial charge >= 0.3 is 18.9 Å². The molecule has 0 saturated carbocycles. The molecule has 2 heterocycles. The first-order valence-electron chi connectivity index (χ1n) is 11.5. The van der Waals surface area contributed by atoms with E-state index in [2.05, 4.69) is 59.9 Å². The zero-order valence-corrected chi connectivity index (χ0v) is 23.7. The van der Waals surface area contributed by atoms with Gasteiger partial charge in [-0.3, -0.25) is 4.79 Å². The van der Waals surface area contributed by atoms with E-state index in [4.69, 9.17) is 0 Å². The minimum atomic E-state index is -2.33. The number of anilines is 1. The second-order valence-corrected chi connectivity index (χ2v) is 10.5. The third-order valence-corrected chi connectivity index (χ3v) is 6.78. The average Bonchev–Trinajstić information content (AvgIpc) is 3.48. The van der Waals surface area contributed by atoms with Crippen molar-refractivity contribution in [3.63, 3.8) is 0 Å². The maximum Gasteiger partial charge on any atom is 1.00 e. The Labute approximate surface area is 243 Å². The summed E-state index contributed by atoms with van der Waals surface area (Å²) in [5.74, 6) is 0.192. The van der Waals surface area contributed by atoms with Crippen LogP contribution in [0, 0.1) is 19.8 Å². The van der Waals surface area contributed by atoms with E-state index in [1.165, 1.54) is 28.5 Å². The maximum absolute atomic E-state index is 12.8. The normalized spacial score (nSPS) is 12.9. The van der Waals surface area contributed by atoms with Gasteiger partial charge in [0, 0.05) is 23.7 Å². The van der Waals surface area contributed by atoms with E-state index in [-0.39, 0.29) is 37.1 Å². The Hall–Kier alpha value is -3.08. The van der Waals surface area contributed by atoms with Crippen LogP contribution in [0.2, 0.25) is 0 Å². The number of rotatable bonds is 6. The molecule has 0 N–H and O–H groups in total. The van der Waals surface area contributed by atoms with Gasteiger partial charge in [-0.1, -0.05) is 67.3 Å². The number of hydrogen-bond acceptors (Lipinski definition) is 6. The van der Waals surface area contributed by atoms with Crippen LogP contribution in [0.5, 0.6) is 0 Å². The Balaban J connectivity index is 0.000000289. The molecule has 38 heavy (non-hydrogen) atoms. The molecule has 1 aromatic heterocycles. The Morgan fingerprint density at radius 1 is 0.974 bits per heavy atom. The molecule has 0 unspecified atom stereocenters. The summed E-state index contributed by atoms with van der Waals surface area (Å²) in [7, 11) is -2.33.